The molecule has 0 amide bonds. The zero-order chi connectivity index (χ0) is 19.0. The molecular weight excluding hydrogens is 362 g/mol. The van der Waals surface area contributed by atoms with Crippen LogP contribution in [-0.4, -0.2) is 32.1 Å². The Bertz CT molecular complexity index is 504. The number of hydrogen-bond acceptors (Lipinski definition) is 3. The van der Waals surface area contributed by atoms with Gasteiger partial charge in [-0.2, -0.15) is 34.8 Å². The standard InChI is InChI=1S/C14H22F6O3S/c1-4-9(2)24(21,22)23-11-7-5-10(6-8-11)12(3,13(15,16)17)14(18,19)20/h9-11H,4-8H2,1-3H3. The topological polar surface area (TPSA) is 43.4 Å². The van der Waals surface area contributed by atoms with Gasteiger partial charge in [0.15, 0.2) is 5.41 Å². The molecule has 0 aliphatic heterocycles. The fourth-order valence-corrected chi connectivity index (χ4v) is 4.02. The average Bonchev–Trinajstić information content (AvgIpc) is 2.43. The molecule has 1 aliphatic carbocycles. The first kappa shape index (κ1) is 21.5. The van der Waals surface area contributed by atoms with E-state index in [1.165, 1.54) is 6.92 Å². The first-order valence-electron chi connectivity index (χ1n) is 7.72. The van der Waals surface area contributed by atoms with E-state index < -0.39 is 58.0 Å². The summed E-state index contributed by atoms with van der Waals surface area (Å²) in [5.74, 6) is -1.65. The Morgan fingerprint density at radius 1 is 1.00 bits per heavy atom. The molecule has 0 aromatic rings. The van der Waals surface area contributed by atoms with Crippen LogP contribution in [0, 0.1) is 11.3 Å². The Balaban J connectivity index is 2.84. The third-order valence-electron chi connectivity index (χ3n) is 5.01. The minimum atomic E-state index is -5.42. The zero-order valence-electron chi connectivity index (χ0n) is 13.7. The number of alkyl halides is 6. The van der Waals surface area contributed by atoms with E-state index >= 15 is 0 Å². The Kier molecular flexibility index (Phi) is 6.29. The van der Waals surface area contributed by atoms with E-state index in [0.29, 0.717) is 6.42 Å². The molecule has 0 aromatic heterocycles. The second kappa shape index (κ2) is 7.01. The van der Waals surface area contributed by atoms with Crippen LogP contribution in [-0.2, 0) is 14.3 Å². The van der Waals surface area contributed by atoms with Crippen LogP contribution >= 0.6 is 0 Å². The van der Waals surface area contributed by atoms with Gasteiger partial charge in [0.1, 0.15) is 0 Å². The normalized spacial score (nSPS) is 25.5. The fourth-order valence-electron chi connectivity index (χ4n) is 2.85. The number of hydrogen-bond donors (Lipinski definition) is 0. The molecule has 24 heavy (non-hydrogen) atoms. The molecule has 144 valence electrons. The SMILES string of the molecule is CCC(C)S(=O)(=O)OC1CCC(C(C)(C(F)(F)F)C(F)(F)F)CC1. The molecule has 0 radical (unpaired) electrons. The van der Waals surface area contributed by atoms with Crippen LogP contribution in [0.4, 0.5) is 26.3 Å². The van der Waals surface area contributed by atoms with Crippen molar-refractivity contribution >= 4 is 10.1 Å². The molecule has 0 spiro atoms. The molecule has 1 rings (SSSR count). The van der Waals surface area contributed by atoms with Crippen molar-refractivity contribution < 1.29 is 38.9 Å². The lowest BCUT2D eigenvalue weighted by molar-refractivity contribution is -0.354. The van der Waals surface area contributed by atoms with Gasteiger partial charge in [0.25, 0.3) is 10.1 Å². The molecule has 3 nitrogen and oxygen atoms in total. The zero-order valence-corrected chi connectivity index (χ0v) is 14.5. The summed E-state index contributed by atoms with van der Waals surface area (Å²) < 4.78 is 107. The Morgan fingerprint density at radius 3 is 1.75 bits per heavy atom. The van der Waals surface area contributed by atoms with Crippen molar-refractivity contribution in [1.29, 1.82) is 0 Å². The van der Waals surface area contributed by atoms with Gasteiger partial charge in [0.2, 0.25) is 0 Å². The average molecular weight is 384 g/mol. The largest absolute Gasteiger partial charge is 0.403 e. The van der Waals surface area contributed by atoms with Gasteiger partial charge < -0.3 is 0 Å². The first-order valence-corrected chi connectivity index (χ1v) is 9.19. The van der Waals surface area contributed by atoms with Crippen LogP contribution in [0.25, 0.3) is 0 Å². The molecule has 0 bridgehead atoms. The summed E-state index contributed by atoms with van der Waals surface area (Å²) in [4.78, 5) is 0. The van der Waals surface area contributed by atoms with Crippen molar-refractivity contribution in [3.8, 4) is 0 Å². The van der Waals surface area contributed by atoms with Crippen molar-refractivity contribution in [2.75, 3.05) is 0 Å². The lowest BCUT2D eigenvalue weighted by atomic mass is 9.68. The predicted molar refractivity (Wildman–Crippen MR) is 75.7 cm³/mol. The van der Waals surface area contributed by atoms with Crippen molar-refractivity contribution in [3.63, 3.8) is 0 Å². The van der Waals surface area contributed by atoms with E-state index in [1.54, 1.807) is 6.92 Å². The number of halogens is 6. The summed E-state index contributed by atoms with van der Waals surface area (Å²) in [6, 6.07) is 0. The van der Waals surface area contributed by atoms with E-state index in [9.17, 15) is 34.8 Å². The minimum absolute atomic E-state index is 0.151. The van der Waals surface area contributed by atoms with Crippen LogP contribution < -0.4 is 0 Å². The van der Waals surface area contributed by atoms with Crippen molar-refractivity contribution in [3.05, 3.63) is 0 Å². The van der Waals surface area contributed by atoms with Crippen LogP contribution in [0.15, 0.2) is 0 Å². The minimum Gasteiger partial charge on any atom is -0.267 e. The van der Waals surface area contributed by atoms with Crippen LogP contribution in [0.1, 0.15) is 52.9 Å². The van der Waals surface area contributed by atoms with Crippen LogP contribution in [0.3, 0.4) is 0 Å². The van der Waals surface area contributed by atoms with Gasteiger partial charge in [0.05, 0.1) is 11.4 Å². The lowest BCUT2D eigenvalue weighted by Crippen LogP contribution is -2.53. The highest BCUT2D eigenvalue weighted by molar-refractivity contribution is 7.87. The molecule has 1 unspecified atom stereocenters. The van der Waals surface area contributed by atoms with Gasteiger partial charge in [-0.05, 0) is 51.9 Å². The molecule has 1 atom stereocenters. The number of rotatable bonds is 5. The smallest absolute Gasteiger partial charge is 0.267 e. The second-order valence-electron chi connectivity index (χ2n) is 6.48. The highest BCUT2D eigenvalue weighted by Gasteiger charge is 2.70. The molecule has 0 N–H and O–H groups in total. The lowest BCUT2D eigenvalue weighted by Gasteiger charge is -2.43. The van der Waals surface area contributed by atoms with Gasteiger partial charge in [-0.3, -0.25) is 4.18 Å². The molecule has 1 aliphatic rings. The molecule has 0 aromatic carbocycles. The Labute approximate surface area is 137 Å². The quantitative estimate of drug-likeness (QED) is 0.504. The van der Waals surface area contributed by atoms with Gasteiger partial charge in [-0.1, -0.05) is 6.92 Å². The van der Waals surface area contributed by atoms with Gasteiger partial charge in [-0.25, -0.2) is 0 Å². The highest BCUT2D eigenvalue weighted by atomic mass is 32.2. The van der Waals surface area contributed by atoms with Gasteiger partial charge in [0, 0.05) is 0 Å². The van der Waals surface area contributed by atoms with Crippen LogP contribution in [0.2, 0.25) is 0 Å². The van der Waals surface area contributed by atoms with Crippen molar-refractivity contribution in [1.82, 2.24) is 0 Å². The monoisotopic (exact) mass is 384 g/mol. The molecule has 1 saturated carbocycles. The molecule has 0 saturated heterocycles. The van der Waals surface area contributed by atoms with E-state index in [2.05, 4.69) is 0 Å². The summed E-state index contributed by atoms with van der Waals surface area (Å²) >= 11 is 0. The maximum Gasteiger partial charge on any atom is 0.403 e. The summed E-state index contributed by atoms with van der Waals surface area (Å²) in [5.41, 5.74) is -3.81. The van der Waals surface area contributed by atoms with E-state index in [1.807, 2.05) is 0 Å². The van der Waals surface area contributed by atoms with Gasteiger partial charge in [-0.15, -0.1) is 0 Å². The van der Waals surface area contributed by atoms with Crippen molar-refractivity contribution in [2.24, 2.45) is 11.3 Å². The summed E-state index contributed by atoms with van der Waals surface area (Å²) in [6.45, 7) is 3.25. The van der Waals surface area contributed by atoms with Crippen molar-refractivity contribution in [2.45, 2.75) is 76.6 Å². The fraction of sp³-hybridized carbons (Fsp3) is 1.00. The third-order valence-corrected chi connectivity index (χ3v) is 6.87. The Hall–Kier alpha value is -0.510. The molecule has 1 fully saturated rings. The molecular formula is C14H22F6O3S. The first-order chi connectivity index (χ1) is 10.7. The van der Waals surface area contributed by atoms with Gasteiger partial charge >= 0.3 is 12.4 Å². The molecule has 10 heteroatoms. The predicted octanol–water partition coefficient (Wildman–Crippen LogP) is 4.82. The summed E-state index contributed by atoms with van der Waals surface area (Å²) in [5, 5.41) is -0.772. The maximum absolute atomic E-state index is 13.1. The second-order valence-corrected chi connectivity index (χ2v) is 8.46. The Morgan fingerprint density at radius 2 is 1.42 bits per heavy atom. The van der Waals surface area contributed by atoms with E-state index in [-0.39, 0.29) is 19.8 Å². The summed E-state index contributed by atoms with van der Waals surface area (Å²) in [6.07, 6.45) is -12.5. The summed E-state index contributed by atoms with van der Waals surface area (Å²) in [7, 11) is -3.86. The van der Waals surface area contributed by atoms with Crippen LogP contribution in [0.5, 0.6) is 0 Å². The highest BCUT2D eigenvalue weighted by Crippen LogP contribution is 2.58. The molecule has 0 heterocycles. The maximum atomic E-state index is 13.1. The van der Waals surface area contributed by atoms with E-state index in [0.717, 1.165) is 0 Å². The third kappa shape index (κ3) is 4.17. The van der Waals surface area contributed by atoms with E-state index in [4.69, 9.17) is 4.18 Å².